The molecule has 1 aromatic rings. The van der Waals surface area contributed by atoms with Gasteiger partial charge in [-0.15, -0.1) is 0 Å². The minimum absolute atomic E-state index is 0.0226. The van der Waals surface area contributed by atoms with Gasteiger partial charge in [-0.05, 0) is 30.4 Å². The first kappa shape index (κ1) is 16.5. The van der Waals surface area contributed by atoms with Gasteiger partial charge in [0.15, 0.2) is 0 Å². The van der Waals surface area contributed by atoms with Crippen molar-refractivity contribution in [3.05, 3.63) is 24.0 Å². The van der Waals surface area contributed by atoms with Gasteiger partial charge in [0.25, 0.3) is 0 Å². The molecule has 1 fully saturated rings. The lowest BCUT2D eigenvalue weighted by Gasteiger charge is -2.27. The van der Waals surface area contributed by atoms with Gasteiger partial charge >= 0.3 is 0 Å². The van der Waals surface area contributed by atoms with Crippen LogP contribution in [-0.4, -0.2) is 50.5 Å². The summed E-state index contributed by atoms with van der Waals surface area (Å²) in [6, 6.07) is 3.46. The molecule has 1 aliphatic rings. The Morgan fingerprint density at radius 3 is 2.86 bits per heavy atom. The summed E-state index contributed by atoms with van der Waals surface area (Å²) in [6.45, 7) is 0.596. The normalized spacial score (nSPS) is 19.3. The van der Waals surface area contributed by atoms with E-state index in [1.54, 1.807) is 11.8 Å². The highest BCUT2D eigenvalue weighted by Gasteiger charge is 2.33. The summed E-state index contributed by atoms with van der Waals surface area (Å²) >= 11 is 1.73. The lowest BCUT2D eigenvalue weighted by molar-refractivity contribution is 0.169. The third-order valence-corrected chi connectivity index (χ3v) is 6.50. The van der Waals surface area contributed by atoms with Gasteiger partial charge in [-0.3, -0.25) is 0 Å². The molecular formula is C13H19FN2O3S2. The minimum atomic E-state index is -3.70. The van der Waals surface area contributed by atoms with Gasteiger partial charge in [-0.25, -0.2) is 12.8 Å². The third kappa shape index (κ3) is 3.68. The van der Waals surface area contributed by atoms with Crippen molar-refractivity contribution in [1.29, 1.82) is 0 Å². The highest BCUT2D eigenvalue weighted by molar-refractivity contribution is 7.99. The minimum Gasteiger partial charge on any atom is -0.396 e. The molecule has 1 unspecified atom stereocenters. The van der Waals surface area contributed by atoms with Crippen LogP contribution in [-0.2, 0) is 14.8 Å². The smallest absolute Gasteiger partial charge is 0.243 e. The number of sulfonamides is 1. The van der Waals surface area contributed by atoms with E-state index < -0.39 is 15.8 Å². The van der Waals surface area contributed by atoms with Crippen molar-refractivity contribution in [2.45, 2.75) is 17.4 Å². The second kappa shape index (κ2) is 6.95. The first-order valence-electron chi connectivity index (χ1n) is 6.60. The molecule has 0 amide bonds. The van der Waals surface area contributed by atoms with E-state index in [1.165, 1.54) is 23.5 Å². The van der Waals surface area contributed by atoms with Crippen molar-refractivity contribution in [3.63, 3.8) is 0 Å². The maximum Gasteiger partial charge on any atom is 0.243 e. The number of rotatable bonds is 6. The number of hydrogen-bond donors (Lipinski definition) is 1. The molecule has 0 radical (unpaired) electrons. The van der Waals surface area contributed by atoms with Crippen LogP contribution in [0.25, 0.3) is 0 Å². The Balaban J connectivity index is 2.33. The molecule has 118 valence electrons. The highest BCUT2D eigenvalue weighted by Crippen LogP contribution is 2.28. The molecule has 21 heavy (non-hydrogen) atoms. The summed E-state index contributed by atoms with van der Waals surface area (Å²) < 4.78 is 45.2. The molecule has 5 nitrogen and oxygen atoms in total. The lowest BCUT2D eigenvalue weighted by atomic mass is 10.3. The molecule has 0 saturated carbocycles. The standard InChI is InChI=1S/C13H19FN2O3S2/c1-19-6-5-16(10-4-7-20-9-10)21(17,18)11-2-3-12(14)13(15)8-11/h2-3,8,10H,4-7,9,15H2,1H3. The number of benzene rings is 1. The Kier molecular flexibility index (Phi) is 5.48. The van der Waals surface area contributed by atoms with Crippen LogP contribution in [0.2, 0.25) is 0 Å². The van der Waals surface area contributed by atoms with E-state index in [-0.39, 0.29) is 23.2 Å². The summed E-state index contributed by atoms with van der Waals surface area (Å²) in [5.74, 6) is 1.09. The predicted octanol–water partition coefficient (Wildman–Crippen LogP) is 1.55. The summed E-state index contributed by atoms with van der Waals surface area (Å²) in [7, 11) is -2.17. The van der Waals surface area contributed by atoms with Gasteiger partial charge in [0.2, 0.25) is 10.0 Å². The van der Waals surface area contributed by atoms with Crippen molar-refractivity contribution in [2.75, 3.05) is 37.5 Å². The van der Waals surface area contributed by atoms with Crippen molar-refractivity contribution in [2.24, 2.45) is 0 Å². The monoisotopic (exact) mass is 334 g/mol. The van der Waals surface area contributed by atoms with Gasteiger partial charge in [-0.1, -0.05) is 0 Å². The molecule has 0 spiro atoms. The Morgan fingerprint density at radius 1 is 1.52 bits per heavy atom. The van der Waals surface area contributed by atoms with Crippen molar-refractivity contribution in [3.8, 4) is 0 Å². The quantitative estimate of drug-likeness (QED) is 0.799. The first-order valence-corrected chi connectivity index (χ1v) is 9.20. The molecule has 2 N–H and O–H groups in total. The van der Waals surface area contributed by atoms with E-state index in [2.05, 4.69) is 0 Å². The summed E-state index contributed by atoms with van der Waals surface area (Å²) in [5, 5.41) is 0. The number of methoxy groups -OCH3 is 1. The second-order valence-corrected chi connectivity index (χ2v) is 7.85. The van der Waals surface area contributed by atoms with Crippen molar-refractivity contribution < 1.29 is 17.5 Å². The zero-order chi connectivity index (χ0) is 15.5. The zero-order valence-electron chi connectivity index (χ0n) is 11.8. The van der Waals surface area contributed by atoms with E-state index >= 15 is 0 Å². The molecule has 1 aliphatic heterocycles. The molecule has 8 heteroatoms. The van der Waals surface area contributed by atoms with Crippen LogP contribution >= 0.6 is 11.8 Å². The van der Waals surface area contributed by atoms with Crippen molar-refractivity contribution >= 4 is 27.5 Å². The van der Waals surface area contributed by atoms with Crippen LogP contribution in [0.1, 0.15) is 6.42 Å². The fourth-order valence-corrected chi connectivity index (χ4v) is 5.24. The van der Waals surface area contributed by atoms with Gasteiger partial charge < -0.3 is 10.5 Å². The number of nitrogens with two attached hydrogens (primary N) is 1. The fraction of sp³-hybridized carbons (Fsp3) is 0.538. The maximum atomic E-state index is 13.2. The Bertz CT molecular complexity index is 589. The van der Waals surface area contributed by atoms with E-state index in [0.29, 0.717) is 6.61 Å². The molecular weight excluding hydrogens is 315 g/mol. The molecule has 1 saturated heterocycles. The Labute approximate surface area is 128 Å². The molecule has 0 bridgehead atoms. The molecule has 1 aromatic carbocycles. The number of halogens is 1. The van der Waals surface area contributed by atoms with Gasteiger partial charge in [0.05, 0.1) is 17.2 Å². The largest absolute Gasteiger partial charge is 0.396 e. The van der Waals surface area contributed by atoms with Crippen LogP contribution in [0.3, 0.4) is 0 Å². The Morgan fingerprint density at radius 2 is 2.29 bits per heavy atom. The maximum absolute atomic E-state index is 13.2. The summed E-state index contributed by atoms with van der Waals surface area (Å²) in [6.07, 6.45) is 0.810. The average molecular weight is 334 g/mol. The topological polar surface area (TPSA) is 72.6 Å². The predicted molar refractivity (Wildman–Crippen MR) is 82.3 cm³/mol. The molecule has 1 atom stereocenters. The van der Waals surface area contributed by atoms with Crippen LogP contribution < -0.4 is 5.73 Å². The first-order chi connectivity index (χ1) is 9.96. The number of ether oxygens (including phenoxy) is 1. The highest BCUT2D eigenvalue weighted by atomic mass is 32.2. The number of thioether (sulfide) groups is 1. The number of hydrogen-bond acceptors (Lipinski definition) is 5. The molecule has 2 rings (SSSR count). The van der Waals surface area contributed by atoms with E-state index in [9.17, 15) is 12.8 Å². The molecule has 1 heterocycles. The van der Waals surface area contributed by atoms with Crippen LogP contribution in [0.5, 0.6) is 0 Å². The second-order valence-electron chi connectivity index (χ2n) is 4.81. The van der Waals surface area contributed by atoms with Gasteiger partial charge in [0.1, 0.15) is 5.82 Å². The van der Waals surface area contributed by atoms with Gasteiger partial charge in [0, 0.05) is 25.4 Å². The SMILES string of the molecule is COCCN(C1CCSC1)S(=O)(=O)c1ccc(F)c(N)c1. The fourth-order valence-electron chi connectivity index (χ4n) is 2.25. The van der Waals surface area contributed by atoms with E-state index in [4.69, 9.17) is 10.5 Å². The van der Waals surface area contributed by atoms with Crippen LogP contribution in [0, 0.1) is 5.82 Å². The van der Waals surface area contributed by atoms with Crippen LogP contribution in [0.4, 0.5) is 10.1 Å². The Hall–Kier alpha value is -0.830. The van der Waals surface area contributed by atoms with Gasteiger partial charge in [-0.2, -0.15) is 16.1 Å². The van der Waals surface area contributed by atoms with Crippen LogP contribution in [0.15, 0.2) is 23.1 Å². The molecule has 0 aromatic heterocycles. The van der Waals surface area contributed by atoms with E-state index in [0.717, 1.165) is 24.0 Å². The summed E-state index contributed by atoms with van der Waals surface area (Å²) in [5.41, 5.74) is 5.32. The van der Waals surface area contributed by atoms with Crippen molar-refractivity contribution in [1.82, 2.24) is 4.31 Å². The number of nitrogens with zero attached hydrogens (tertiary/aromatic N) is 1. The third-order valence-electron chi connectivity index (χ3n) is 3.40. The lowest BCUT2D eigenvalue weighted by Crippen LogP contribution is -2.42. The number of anilines is 1. The average Bonchev–Trinajstić information content (AvgIpc) is 2.96. The summed E-state index contributed by atoms with van der Waals surface area (Å²) in [4.78, 5) is 0.0226. The molecule has 0 aliphatic carbocycles. The van der Waals surface area contributed by atoms with E-state index in [1.807, 2.05) is 0 Å². The number of nitrogen functional groups attached to an aromatic ring is 1. The zero-order valence-corrected chi connectivity index (χ0v) is 13.4.